The highest BCUT2D eigenvalue weighted by molar-refractivity contribution is 7.73. The molecule has 0 saturated heterocycles. The molecule has 2 rings (SSSR count). The molecule has 1 N–H and O–H groups in total. The summed E-state index contributed by atoms with van der Waals surface area (Å²) in [5, 5.41) is 7.97. The standard InChI is InChI=1S/C12H14N2S2/c1-8(2)6-9-4-3-5-10(7-9)11-13-14-12(15)16-11/h3-5,7-8H,6H2,1-2H3,(H,14,15). The maximum absolute atomic E-state index is 5.04. The van der Waals surface area contributed by atoms with Crippen LogP contribution in [0.4, 0.5) is 0 Å². The van der Waals surface area contributed by atoms with Crippen LogP contribution in [-0.2, 0) is 6.42 Å². The molecule has 1 heterocycles. The number of hydrogen-bond acceptors (Lipinski definition) is 3. The van der Waals surface area contributed by atoms with Gasteiger partial charge in [0.2, 0.25) is 0 Å². The van der Waals surface area contributed by atoms with Crippen molar-refractivity contribution in [2.45, 2.75) is 20.3 Å². The summed E-state index contributed by atoms with van der Waals surface area (Å²) in [6.07, 6.45) is 1.10. The average Bonchev–Trinajstić information content (AvgIpc) is 2.64. The van der Waals surface area contributed by atoms with Gasteiger partial charge in [-0.05, 0) is 36.2 Å². The molecule has 84 valence electrons. The third-order valence-corrected chi connectivity index (χ3v) is 3.39. The first kappa shape index (κ1) is 11.5. The molecule has 0 amide bonds. The van der Waals surface area contributed by atoms with E-state index in [9.17, 15) is 0 Å². The van der Waals surface area contributed by atoms with Gasteiger partial charge in [-0.25, -0.2) is 0 Å². The van der Waals surface area contributed by atoms with E-state index in [2.05, 4.69) is 48.3 Å². The highest BCUT2D eigenvalue weighted by Gasteiger charge is 2.04. The minimum Gasteiger partial charge on any atom is -0.258 e. The molecule has 0 fully saturated rings. The Morgan fingerprint density at radius 1 is 1.44 bits per heavy atom. The first-order valence-corrected chi connectivity index (χ1v) is 6.52. The maximum atomic E-state index is 5.04. The van der Waals surface area contributed by atoms with Crippen molar-refractivity contribution in [1.82, 2.24) is 10.2 Å². The van der Waals surface area contributed by atoms with Gasteiger partial charge < -0.3 is 0 Å². The second-order valence-corrected chi connectivity index (χ2v) is 5.88. The zero-order chi connectivity index (χ0) is 11.5. The molecule has 0 spiro atoms. The van der Waals surface area contributed by atoms with Crippen LogP contribution in [0.5, 0.6) is 0 Å². The molecule has 1 aromatic heterocycles. The van der Waals surface area contributed by atoms with Crippen molar-refractivity contribution in [3.05, 3.63) is 33.8 Å². The molecule has 0 radical (unpaired) electrons. The predicted molar refractivity (Wildman–Crippen MR) is 71.3 cm³/mol. The summed E-state index contributed by atoms with van der Waals surface area (Å²) >= 11 is 6.55. The van der Waals surface area contributed by atoms with Crippen molar-refractivity contribution in [2.75, 3.05) is 0 Å². The van der Waals surface area contributed by atoms with E-state index >= 15 is 0 Å². The van der Waals surface area contributed by atoms with Crippen LogP contribution in [0.25, 0.3) is 10.6 Å². The number of H-pyrrole nitrogens is 1. The van der Waals surface area contributed by atoms with Crippen LogP contribution in [0.2, 0.25) is 0 Å². The topological polar surface area (TPSA) is 28.7 Å². The molecule has 2 nitrogen and oxygen atoms in total. The lowest BCUT2D eigenvalue weighted by Gasteiger charge is -2.05. The molecule has 0 unspecified atom stereocenters. The Morgan fingerprint density at radius 2 is 2.25 bits per heavy atom. The van der Waals surface area contributed by atoms with Crippen molar-refractivity contribution in [2.24, 2.45) is 5.92 Å². The van der Waals surface area contributed by atoms with Gasteiger partial charge in [0.05, 0.1) is 0 Å². The monoisotopic (exact) mass is 250 g/mol. The van der Waals surface area contributed by atoms with E-state index in [0.29, 0.717) is 5.92 Å². The highest BCUT2D eigenvalue weighted by atomic mass is 32.1. The van der Waals surface area contributed by atoms with Gasteiger partial charge in [0.25, 0.3) is 0 Å². The molecular weight excluding hydrogens is 236 g/mol. The van der Waals surface area contributed by atoms with E-state index in [1.807, 2.05) is 0 Å². The molecule has 0 atom stereocenters. The number of hydrogen-bond donors (Lipinski definition) is 1. The fourth-order valence-corrected chi connectivity index (χ4v) is 2.54. The second-order valence-electron chi connectivity index (χ2n) is 4.22. The summed E-state index contributed by atoms with van der Waals surface area (Å²) in [5.41, 5.74) is 2.50. The lowest BCUT2D eigenvalue weighted by molar-refractivity contribution is 0.647. The summed E-state index contributed by atoms with van der Waals surface area (Å²) in [6.45, 7) is 4.45. The van der Waals surface area contributed by atoms with Gasteiger partial charge in [-0.2, -0.15) is 5.10 Å². The Morgan fingerprint density at radius 3 is 2.88 bits per heavy atom. The number of nitrogens with zero attached hydrogens (tertiary/aromatic N) is 1. The summed E-state index contributed by atoms with van der Waals surface area (Å²) in [4.78, 5) is 0. The fraction of sp³-hybridized carbons (Fsp3) is 0.333. The molecule has 16 heavy (non-hydrogen) atoms. The van der Waals surface area contributed by atoms with Crippen molar-refractivity contribution < 1.29 is 0 Å². The number of aromatic amines is 1. The third-order valence-electron chi connectivity index (χ3n) is 2.26. The Hall–Kier alpha value is -1.00. The first-order chi connectivity index (χ1) is 7.65. The molecule has 2 aromatic rings. The summed E-state index contributed by atoms with van der Waals surface area (Å²) in [7, 11) is 0. The van der Waals surface area contributed by atoms with Gasteiger partial charge in [0.1, 0.15) is 5.01 Å². The van der Waals surface area contributed by atoms with E-state index in [4.69, 9.17) is 12.2 Å². The van der Waals surface area contributed by atoms with Gasteiger partial charge >= 0.3 is 0 Å². The Bertz CT molecular complexity index is 526. The smallest absolute Gasteiger partial charge is 0.176 e. The van der Waals surface area contributed by atoms with Crippen molar-refractivity contribution in [3.63, 3.8) is 0 Å². The van der Waals surface area contributed by atoms with E-state index in [0.717, 1.165) is 20.9 Å². The van der Waals surface area contributed by atoms with Crippen LogP contribution in [0.1, 0.15) is 19.4 Å². The number of benzene rings is 1. The van der Waals surface area contributed by atoms with Gasteiger partial charge in [-0.15, -0.1) is 0 Å². The van der Waals surface area contributed by atoms with Crippen LogP contribution in [0, 0.1) is 9.87 Å². The minimum absolute atomic E-state index is 0.674. The van der Waals surface area contributed by atoms with Crippen LogP contribution in [0.15, 0.2) is 24.3 Å². The van der Waals surface area contributed by atoms with Crippen LogP contribution >= 0.6 is 23.6 Å². The van der Waals surface area contributed by atoms with Crippen LogP contribution in [-0.4, -0.2) is 10.2 Å². The number of nitrogens with one attached hydrogen (secondary N) is 1. The van der Waals surface area contributed by atoms with E-state index in [-0.39, 0.29) is 0 Å². The molecule has 0 aliphatic rings. The lowest BCUT2D eigenvalue weighted by atomic mass is 10.0. The summed E-state index contributed by atoms with van der Waals surface area (Å²) in [6, 6.07) is 8.51. The van der Waals surface area contributed by atoms with Crippen molar-refractivity contribution >= 4 is 23.6 Å². The first-order valence-electron chi connectivity index (χ1n) is 5.30. The SMILES string of the molecule is CC(C)Cc1cccc(-c2n[nH]c(=S)s2)c1. The molecular formula is C12H14N2S2. The quantitative estimate of drug-likeness (QED) is 0.832. The molecule has 0 saturated carbocycles. The van der Waals surface area contributed by atoms with Gasteiger partial charge in [-0.1, -0.05) is 43.4 Å². The average molecular weight is 250 g/mol. The van der Waals surface area contributed by atoms with E-state index in [1.54, 1.807) is 0 Å². The molecule has 4 heteroatoms. The predicted octanol–water partition coefficient (Wildman–Crippen LogP) is 4.07. The second kappa shape index (κ2) is 4.89. The fourth-order valence-electron chi connectivity index (χ4n) is 1.66. The Labute approximate surface area is 104 Å². The molecule has 0 aliphatic heterocycles. The Balaban J connectivity index is 2.32. The van der Waals surface area contributed by atoms with Crippen LogP contribution in [0.3, 0.4) is 0 Å². The number of rotatable bonds is 3. The zero-order valence-electron chi connectivity index (χ0n) is 9.36. The zero-order valence-corrected chi connectivity index (χ0v) is 11.0. The van der Waals surface area contributed by atoms with Crippen molar-refractivity contribution in [1.29, 1.82) is 0 Å². The Kier molecular flexibility index (Phi) is 3.51. The van der Waals surface area contributed by atoms with E-state index in [1.165, 1.54) is 16.9 Å². The summed E-state index contributed by atoms with van der Waals surface area (Å²) in [5.74, 6) is 0.674. The molecule has 0 aliphatic carbocycles. The maximum Gasteiger partial charge on any atom is 0.176 e. The van der Waals surface area contributed by atoms with Gasteiger partial charge in [-0.3, -0.25) is 5.10 Å². The van der Waals surface area contributed by atoms with Gasteiger partial charge in [0.15, 0.2) is 3.95 Å². The summed E-state index contributed by atoms with van der Waals surface area (Å²) < 4.78 is 0.726. The molecule has 1 aromatic carbocycles. The van der Waals surface area contributed by atoms with Crippen LogP contribution < -0.4 is 0 Å². The van der Waals surface area contributed by atoms with Gasteiger partial charge in [0, 0.05) is 5.56 Å². The normalized spacial score (nSPS) is 10.9. The number of aromatic nitrogens is 2. The lowest BCUT2D eigenvalue weighted by Crippen LogP contribution is -1.93. The van der Waals surface area contributed by atoms with E-state index < -0.39 is 0 Å². The third kappa shape index (κ3) is 2.77. The van der Waals surface area contributed by atoms with Crippen molar-refractivity contribution in [3.8, 4) is 10.6 Å². The largest absolute Gasteiger partial charge is 0.258 e. The highest BCUT2D eigenvalue weighted by Crippen LogP contribution is 2.23. The minimum atomic E-state index is 0.674. The molecule has 0 bridgehead atoms.